The lowest BCUT2D eigenvalue weighted by atomic mass is 10.1. The molecule has 2 heterocycles. The Bertz CT molecular complexity index is 332. The highest BCUT2D eigenvalue weighted by atomic mass is 15.2. The van der Waals surface area contributed by atoms with Gasteiger partial charge in [0.25, 0.3) is 0 Å². The molecule has 3 nitrogen and oxygen atoms in total. The minimum absolute atomic E-state index is 0.639. The van der Waals surface area contributed by atoms with Crippen molar-refractivity contribution in [2.45, 2.75) is 32.7 Å². The fraction of sp³-hybridized carbons (Fsp3) is 0.615. The maximum atomic E-state index is 4.26. The molecule has 16 heavy (non-hydrogen) atoms. The molecule has 1 fully saturated rings. The van der Waals surface area contributed by atoms with Gasteiger partial charge in [-0.15, -0.1) is 0 Å². The predicted molar refractivity (Wildman–Crippen MR) is 67.9 cm³/mol. The van der Waals surface area contributed by atoms with Crippen LogP contribution in [0.5, 0.6) is 0 Å². The van der Waals surface area contributed by atoms with E-state index in [1.807, 2.05) is 6.20 Å². The Kier molecular flexibility index (Phi) is 3.78. The summed E-state index contributed by atoms with van der Waals surface area (Å²) in [6.07, 6.45) is 4.48. The number of aromatic nitrogens is 1. The molecule has 1 unspecified atom stereocenters. The van der Waals surface area contributed by atoms with Gasteiger partial charge in [-0.05, 0) is 45.4 Å². The first-order valence-electron chi connectivity index (χ1n) is 6.21. The third-order valence-corrected chi connectivity index (χ3v) is 3.26. The molecule has 1 aliphatic rings. The van der Waals surface area contributed by atoms with Gasteiger partial charge in [-0.2, -0.15) is 0 Å². The molecule has 1 aliphatic heterocycles. The number of nitrogens with zero attached hydrogens (tertiary/aromatic N) is 2. The number of rotatable bonds is 3. The fourth-order valence-corrected chi connectivity index (χ4v) is 2.46. The Hall–Kier alpha value is -1.09. The predicted octanol–water partition coefficient (Wildman–Crippen LogP) is 1.97. The van der Waals surface area contributed by atoms with Gasteiger partial charge in [0.2, 0.25) is 0 Å². The molecule has 0 saturated carbocycles. The normalized spacial score (nSPS) is 20.8. The number of hydrogen-bond acceptors (Lipinski definition) is 3. The maximum Gasteiger partial charge on any atom is 0.0414 e. The molecule has 0 radical (unpaired) electrons. The average Bonchev–Trinajstić information content (AvgIpc) is 2.31. The van der Waals surface area contributed by atoms with Gasteiger partial charge < -0.3 is 10.2 Å². The van der Waals surface area contributed by atoms with E-state index in [4.69, 9.17) is 0 Å². The molecule has 1 aromatic heterocycles. The van der Waals surface area contributed by atoms with E-state index in [2.05, 4.69) is 41.2 Å². The van der Waals surface area contributed by atoms with E-state index in [9.17, 15) is 0 Å². The van der Waals surface area contributed by atoms with Crippen LogP contribution >= 0.6 is 0 Å². The molecular formula is C13H21N3. The third-order valence-electron chi connectivity index (χ3n) is 3.26. The number of hydrogen-bond donors (Lipinski definition) is 1. The highest BCUT2D eigenvalue weighted by molar-refractivity contribution is 5.47. The van der Waals surface area contributed by atoms with Gasteiger partial charge in [-0.3, -0.25) is 4.98 Å². The lowest BCUT2D eigenvalue weighted by Gasteiger charge is -2.35. The van der Waals surface area contributed by atoms with Crippen LogP contribution in [0, 0.1) is 6.92 Å². The van der Waals surface area contributed by atoms with E-state index >= 15 is 0 Å². The second kappa shape index (κ2) is 5.30. The lowest BCUT2D eigenvalue weighted by Crippen LogP contribution is -2.46. The number of pyridine rings is 1. The van der Waals surface area contributed by atoms with Gasteiger partial charge in [-0.25, -0.2) is 0 Å². The number of likely N-dealkylation sites (N-methyl/N-ethyl adjacent to an activating group) is 1. The number of aryl methyl sites for hydroxylation is 1. The van der Waals surface area contributed by atoms with Gasteiger partial charge in [0.15, 0.2) is 0 Å². The largest absolute Gasteiger partial charge is 0.367 e. The molecule has 1 saturated heterocycles. The van der Waals surface area contributed by atoms with E-state index in [1.165, 1.54) is 25.1 Å². The highest BCUT2D eigenvalue weighted by Gasteiger charge is 2.19. The van der Waals surface area contributed by atoms with Gasteiger partial charge in [0, 0.05) is 36.7 Å². The summed E-state index contributed by atoms with van der Waals surface area (Å²) >= 11 is 0. The fourth-order valence-electron chi connectivity index (χ4n) is 2.46. The monoisotopic (exact) mass is 219 g/mol. The van der Waals surface area contributed by atoms with Crippen molar-refractivity contribution in [2.24, 2.45) is 0 Å². The van der Waals surface area contributed by atoms with Crippen molar-refractivity contribution >= 4 is 5.69 Å². The molecule has 88 valence electrons. The molecule has 0 spiro atoms. The van der Waals surface area contributed by atoms with Crippen molar-refractivity contribution in [3.63, 3.8) is 0 Å². The Labute approximate surface area is 97.9 Å². The van der Waals surface area contributed by atoms with Crippen LogP contribution in [0.2, 0.25) is 0 Å². The molecule has 3 heteroatoms. The third kappa shape index (κ3) is 2.53. The quantitative estimate of drug-likeness (QED) is 0.842. The van der Waals surface area contributed by atoms with Crippen LogP contribution in [0.3, 0.4) is 0 Å². The van der Waals surface area contributed by atoms with Crippen LogP contribution in [0.4, 0.5) is 5.69 Å². The SMILES string of the molecule is CCN(c1ccnc(C)c1)C1CCCNC1. The molecule has 0 aliphatic carbocycles. The van der Waals surface area contributed by atoms with Crippen molar-refractivity contribution in [1.29, 1.82) is 0 Å². The zero-order valence-electron chi connectivity index (χ0n) is 10.2. The van der Waals surface area contributed by atoms with Crippen molar-refractivity contribution in [3.05, 3.63) is 24.0 Å². The summed E-state index contributed by atoms with van der Waals surface area (Å²) in [4.78, 5) is 6.75. The molecule has 1 aromatic rings. The topological polar surface area (TPSA) is 28.2 Å². The van der Waals surface area contributed by atoms with Gasteiger partial charge in [-0.1, -0.05) is 0 Å². The van der Waals surface area contributed by atoms with Crippen molar-refractivity contribution in [1.82, 2.24) is 10.3 Å². The minimum Gasteiger partial charge on any atom is -0.367 e. The second-order valence-electron chi connectivity index (χ2n) is 4.44. The molecule has 1 N–H and O–H groups in total. The zero-order valence-corrected chi connectivity index (χ0v) is 10.2. The van der Waals surface area contributed by atoms with E-state index in [0.717, 1.165) is 18.8 Å². The van der Waals surface area contributed by atoms with Crippen LogP contribution in [0.25, 0.3) is 0 Å². The zero-order chi connectivity index (χ0) is 11.4. The molecule has 0 aromatic carbocycles. The summed E-state index contributed by atoms with van der Waals surface area (Å²) in [5, 5.41) is 3.48. The summed E-state index contributed by atoms with van der Waals surface area (Å²) in [5.74, 6) is 0. The summed E-state index contributed by atoms with van der Waals surface area (Å²) in [5.41, 5.74) is 2.41. The van der Waals surface area contributed by atoms with Crippen LogP contribution in [0.1, 0.15) is 25.5 Å². The first kappa shape index (κ1) is 11.4. The maximum absolute atomic E-state index is 4.26. The Balaban J connectivity index is 2.14. The van der Waals surface area contributed by atoms with Gasteiger partial charge in [0.1, 0.15) is 0 Å². The standard InChI is InChI=1S/C13H21N3/c1-3-16(13-5-4-7-14-10-13)12-6-8-15-11(2)9-12/h6,8-9,13-14H,3-5,7,10H2,1-2H3. The molecular weight excluding hydrogens is 198 g/mol. The highest BCUT2D eigenvalue weighted by Crippen LogP contribution is 2.20. The Morgan fingerprint density at radius 2 is 2.44 bits per heavy atom. The first-order valence-corrected chi connectivity index (χ1v) is 6.21. The van der Waals surface area contributed by atoms with Crippen molar-refractivity contribution in [3.8, 4) is 0 Å². The molecule has 0 bridgehead atoms. The Morgan fingerprint density at radius 1 is 1.56 bits per heavy atom. The smallest absolute Gasteiger partial charge is 0.0414 e. The van der Waals surface area contributed by atoms with Crippen LogP contribution in [0.15, 0.2) is 18.3 Å². The average molecular weight is 219 g/mol. The van der Waals surface area contributed by atoms with Crippen molar-refractivity contribution < 1.29 is 0 Å². The summed E-state index contributed by atoms with van der Waals surface area (Å²) < 4.78 is 0. The summed E-state index contributed by atoms with van der Waals surface area (Å²) in [6, 6.07) is 4.93. The van der Waals surface area contributed by atoms with E-state index in [1.54, 1.807) is 0 Å². The molecule has 2 rings (SSSR count). The minimum atomic E-state index is 0.639. The van der Waals surface area contributed by atoms with E-state index in [0.29, 0.717) is 6.04 Å². The number of nitrogens with one attached hydrogen (secondary N) is 1. The Morgan fingerprint density at radius 3 is 3.06 bits per heavy atom. The van der Waals surface area contributed by atoms with E-state index < -0.39 is 0 Å². The molecule has 0 amide bonds. The molecule has 1 atom stereocenters. The summed E-state index contributed by atoms with van der Waals surface area (Å²) in [7, 11) is 0. The second-order valence-corrected chi connectivity index (χ2v) is 4.44. The van der Waals surface area contributed by atoms with Gasteiger partial charge >= 0.3 is 0 Å². The summed E-state index contributed by atoms with van der Waals surface area (Å²) in [6.45, 7) is 7.62. The number of piperidine rings is 1. The van der Waals surface area contributed by atoms with Gasteiger partial charge in [0.05, 0.1) is 0 Å². The first-order chi connectivity index (χ1) is 7.81. The van der Waals surface area contributed by atoms with Crippen molar-refractivity contribution in [2.75, 3.05) is 24.5 Å². The van der Waals surface area contributed by atoms with Crippen LogP contribution in [-0.2, 0) is 0 Å². The van der Waals surface area contributed by atoms with Crippen LogP contribution in [-0.4, -0.2) is 30.7 Å². The van der Waals surface area contributed by atoms with Crippen LogP contribution < -0.4 is 10.2 Å². The van der Waals surface area contributed by atoms with E-state index in [-0.39, 0.29) is 0 Å². The number of anilines is 1. The lowest BCUT2D eigenvalue weighted by molar-refractivity contribution is 0.435.